The second kappa shape index (κ2) is 8.25. The highest BCUT2D eigenvalue weighted by atomic mass is 19.1. The smallest absolute Gasteiger partial charge is 0.323 e. The fourth-order valence-electron chi connectivity index (χ4n) is 3.66. The zero-order chi connectivity index (χ0) is 22.1. The first-order valence-corrected chi connectivity index (χ1v) is 9.87. The number of carbonyl (C=O) groups is 1. The molecule has 0 unspecified atom stereocenters. The molecule has 0 aliphatic carbocycles. The Labute approximate surface area is 178 Å². The van der Waals surface area contributed by atoms with Crippen molar-refractivity contribution in [1.29, 1.82) is 0 Å². The predicted molar refractivity (Wildman–Crippen MR) is 113 cm³/mol. The van der Waals surface area contributed by atoms with E-state index in [0.29, 0.717) is 19.0 Å². The molecule has 0 atom stereocenters. The number of amides is 2. The fourth-order valence-corrected chi connectivity index (χ4v) is 3.66. The second-order valence-electron chi connectivity index (χ2n) is 7.71. The Morgan fingerprint density at radius 1 is 1.13 bits per heavy atom. The van der Waals surface area contributed by atoms with Crippen LogP contribution in [0.25, 0.3) is 11.3 Å². The van der Waals surface area contributed by atoms with Gasteiger partial charge in [0.2, 0.25) is 0 Å². The molecule has 1 aliphatic heterocycles. The zero-order valence-electron chi connectivity index (χ0n) is 17.2. The molecule has 2 amide bonds. The molecular weight excluding hydrogens is 402 g/mol. The lowest BCUT2D eigenvalue weighted by molar-refractivity contribution is 0.130. The van der Waals surface area contributed by atoms with Gasteiger partial charge in [-0.25, -0.2) is 28.5 Å². The zero-order valence-corrected chi connectivity index (χ0v) is 17.2. The van der Waals surface area contributed by atoms with Gasteiger partial charge >= 0.3 is 6.03 Å². The Kier molecular flexibility index (Phi) is 5.50. The van der Waals surface area contributed by atoms with E-state index in [0.717, 1.165) is 35.8 Å². The van der Waals surface area contributed by atoms with Gasteiger partial charge in [-0.3, -0.25) is 5.32 Å². The molecule has 1 aromatic carbocycles. The van der Waals surface area contributed by atoms with Crippen LogP contribution >= 0.6 is 0 Å². The van der Waals surface area contributed by atoms with Gasteiger partial charge in [-0.05, 0) is 56.5 Å². The number of halogens is 2. The van der Waals surface area contributed by atoms with Crippen LogP contribution in [0.3, 0.4) is 0 Å². The summed E-state index contributed by atoms with van der Waals surface area (Å²) >= 11 is 0. The summed E-state index contributed by atoms with van der Waals surface area (Å²) in [5, 5.41) is 2.68. The number of rotatable bonds is 4. The van der Waals surface area contributed by atoms with E-state index < -0.39 is 11.6 Å². The minimum absolute atomic E-state index is 0.122. The molecule has 7 nitrogen and oxygen atoms in total. The lowest BCUT2D eigenvalue weighted by Crippen LogP contribution is -2.52. The van der Waals surface area contributed by atoms with Gasteiger partial charge in [0.25, 0.3) is 0 Å². The highest BCUT2D eigenvalue weighted by molar-refractivity contribution is 5.92. The number of nitrogens with zero attached hydrogens (tertiary/aromatic N) is 4. The fraction of sp³-hybridized carbons (Fsp3) is 0.273. The molecule has 0 saturated carbocycles. The van der Waals surface area contributed by atoms with E-state index in [2.05, 4.69) is 20.3 Å². The average molecular weight is 424 g/mol. The Hall–Kier alpha value is -3.62. The number of likely N-dealkylation sites (tertiary alicyclic amines) is 1. The van der Waals surface area contributed by atoms with Crippen LogP contribution < -0.4 is 11.1 Å². The molecule has 2 aromatic heterocycles. The van der Waals surface area contributed by atoms with Gasteiger partial charge in [0.05, 0.1) is 11.4 Å². The molecular formula is C22H22F2N6O. The molecule has 1 aliphatic rings. The van der Waals surface area contributed by atoms with Gasteiger partial charge < -0.3 is 10.6 Å². The molecule has 1 saturated heterocycles. The minimum atomic E-state index is -0.740. The van der Waals surface area contributed by atoms with Crippen LogP contribution in [-0.4, -0.2) is 39.0 Å². The second-order valence-corrected chi connectivity index (χ2v) is 7.71. The van der Waals surface area contributed by atoms with Crippen molar-refractivity contribution in [3.63, 3.8) is 0 Å². The standard InChI is InChI=1S/C22H22F2N6O/c1-12-7-16(27-13(2)26-12)8-14-10-30(11-14)22(31)29-21-19(25)5-6-20(28-21)17-4-3-15(23)9-18(17)24/h3-7,9,14H,8,10-11,25H2,1-2H3,(H,28,29,31). The van der Waals surface area contributed by atoms with Gasteiger partial charge in [0.15, 0.2) is 5.82 Å². The van der Waals surface area contributed by atoms with Crippen molar-refractivity contribution in [2.45, 2.75) is 20.3 Å². The molecule has 0 spiro atoms. The molecule has 3 N–H and O–H groups in total. The number of aryl methyl sites for hydroxylation is 2. The lowest BCUT2D eigenvalue weighted by atomic mass is 9.94. The number of hydrogen-bond acceptors (Lipinski definition) is 5. The summed E-state index contributed by atoms with van der Waals surface area (Å²) in [5.74, 6) is -0.232. The molecule has 3 heterocycles. The maximum atomic E-state index is 14.1. The number of nitrogens with two attached hydrogens (primary N) is 1. The summed E-state index contributed by atoms with van der Waals surface area (Å²) in [4.78, 5) is 27.2. The normalized spacial score (nSPS) is 13.7. The predicted octanol–water partition coefficient (Wildman–Crippen LogP) is 3.72. The molecule has 160 valence electrons. The number of urea groups is 1. The summed E-state index contributed by atoms with van der Waals surface area (Å²) < 4.78 is 27.3. The molecule has 4 rings (SSSR count). The Bertz CT molecular complexity index is 1130. The van der Waals surface area contributed by atoms with E-state index >= 15 is 0 Å². The van der Waals surface area contributed by atoms with Crippen molar-refractivity contribution >= 4 is 17.5 Å². The van der Waals surface area contributed by atoms with E-state index in [9.17, 15) is 13.6 Å². The maximum absolute atomic E-state index is 14.1. The van der Waals surface area contributed by atoms with Crippen LogP contribution in [0.15, 0.2) is 36.4 Å². The molecule has 3 aromatic rings. The van der Waals surface area contributed by atoms with Gasteiger partial charge in [-0.15, -0.1) is 0 Å². The van der Waals surface area contributed by atoms with E-state index in [1.807, 2.05) is 19.9 Å². The van der Waals surface area contributed by atoms with Crippen LogP contribution in [0.2, 0.25) is 0 Å². The van der Waals surface area contributed by atoms with Gasteiger partial charge in [0, 0.05) is 36.1 Å². The third-order valence-electron chi connectivity index (χ3n) is 5.12. The van der Waals surface area contributed by atoms with Crippen LogP contribution in [-0.2, 0) is 6.42 Å². The number of hydrogen-bond donors (Lipinski definition) is 2. The maximum Gasteiger partial charge on any atom is 0.323 e. The number of nitrogens with one attached hydrogen (secondary N) is 1. The Morgan fingerprint density at radius 3 is 2.61 bits per heavy atom. The van der Waals surface area contributed by atoms with Crippen molar-refractivity contribution in [2.24, 2.45) is 5.92 Å². The Balaban J connectivity index is 1.40. The quantitative estimate of drug-likeness (QED) is 0.665. The van der Waals surface area contributed by atoms with Crippen LogP contribution in [0, 0.1) is 31.4 Å². The van der Waals surface area contributed by atoms with Gasteiger partial charge in [-0.1, -0.05) is 0 Å². The molecule has 0 bridgehead atoms. The SMILES string of the molecule is Cc1cc(CC2CN(C(=O)Nc3nc(-c4ccc(F)cc4F)ccc3N)C2)nc(C)n1. The molecule has 9 heteroatoms. The van der Waals surface area contributed by atoms with Crippen LogP contribution in [0.5, 0.6) is 0 Å². The summed E-state index contributed by atoms with van der Waals surface area (Å²) in [6.45, 7) is 4.96. The van der Waals surface area contributed by atoms with E-state index in [-0.39, 0.29) is 28.8 Å². The first-order chi connectivity index (χ1) is 14.8. The van der Waals surface area contributed by atoms with Crippen molar-refractivity contribution in [3.8, 4) is 11.3 Å². The third kappa shape index (κ3) is 4.60. The van der Waals surface area contributed by atoms with Gasteiger partial charge in [-0.2, -0.15) is 0 Å². The first kappa shape index (κ1) is 20.6. The lowest BCUT2D eigenvalue weighted by Gasteiger charge is -2.39. The largest absolute Gasteiger partial charge is 0.396 e. The van der Waals surface area contributed by atoms with Gasteiger partial charge in [0.1, 0.15) is 17.5 Å². The molecule has 31 heavy (non-hydrogen) atoms. The summed E-state index contributed by atoms with van der Waals surface area (Å²) in [6.07, 6.45) is 0.772. The minimum Gasteiger partial charge on any atom is -0.396 e. The Morgan fingerprint density at radius 2 is 1.90 bits per heavy atom. The molecule has 0 radical (unpaired) electrons. The first-order valence-electron chi connectivity index (χ1n) is 9.87. The van der Waals surface area contributed by atoms with E-state index in [1.165, 1.54) is 18.2 Å². The number of aromatic nitrogens is 3. The van der Waals surface area contributed by atoms with E-state index in [1.54, 1.807) is 4.90 Å². The van der Waals surface area contributed by atoms with Crippen molar-refractivity contribution in [1.82, 2.24) is 19.9 Å². The van der Waals surface area contributed by atoms with Crippen molar-refractivity contribution < 1.29 is 13.6 Å². The summed E-state index contributed by atoms with van der Waals surface area (Å²) in [5.41, 5.74) is 8.45. The monoisotopic (exact) mass is 424 g/mol. The third-order valence-corrected chi connectivity index (χ3v) is 5.12. The average Bonchev–Trinajstić information content (AvgIpc) is 2.65. The number of carbonyl (C=O) groups excluding carboxylic acids is 1. The highest BCUT2D eigenvalue weighted by Gasteiger charge is 2.31. The number of benzene rings is 1. The van der Waals surface area contributed by atoms with Crippen LogP contribution in [0.4, 0.5) is 25.1 Å². The van der Waals surface area contributed by atoms with Crippen molar-refractivity contribution in [3.05, 3.63) is 65.2 Å². The number of nitrogen functional groups attached to an aromatic ring is 1. The molecule has 1 fully saturated rings. The topological polar surface area (TPSA) is 97.0 Å². The van der Waals surface area contributed by atoms with Crippen LogP contribution in [0.1, 0.15) is 17.2 Å². The number of pyridine rings is 1. The summed E-state index contributed by atoms with van der Waals surface area (Å²) in [7, 11) is 0. The highest BCUT2D eigenvalue weighted by Crippen LogP contribution is 2.27. The van der Waals surface area contributed by atoms with E-state index in [4.69, 9.17) is 5.73 Å². The summed E-state index contributed by atoms with van der Waals surface area (Å²) in [6, 6.07) is 7.90. The number of anilines is 2. The van der Waals surface area contributed by atoms with Crippen molar-refractivity contribution in [2.75, 3.05) is 24.1 Å².